The van der Waals surface area contributed by atoms with Crippen LogP contribution < -0.4 is 0 Å². The third-order valence-electron chi connectivity index (χ3n) is 5.84. The average molecular weight is 387 g/mol. The topological polar surface area (TPSA) is 47.1 Å². The monoisotopic (exact) mass is 386 g/mol. The number of hydrogen-bond acceptors (Lipinski definition) is 4. The van der Waals surface area contributed by atoms with Gasteiger partial charge in [-0.25, -0.2) is 0 Å². The van der Waals surface area contributed by atoms with Crippen molar-refractivity contribution in [2.45, 2.75) is 32.7 Å². The number of nitrogens with zero attached hydrogens (tertiary/aromatic N) is 4. The van der Waals surface area contributed by atoms with E-state index < -0.39 is 0 Å². The summed E-state index contributed by atoms with van der Waals surface area (Å²) in [7, 11) is 0. The molecule has 2 aliphatic heterocycles. The van der Waals surface area contributed by atoms with Crippen LogP contribution in [0.3, 0.4) is 0 Å². The SMILES string of the molecule is CCN(Cc1ccccc1)C(=O)CN1CCN(CC(=O)N2CCCCC2)CC1. The molecular weight excluding hydrogens is 352 g/mol. The predicted octanol–water partition coefficient (Wildman–Crippen LogP) is 1.67. The fourth-order valence-electron chi connectivity index (χ4n) is 4.01. The lowest BCUT2D eigenvalue weighted by Gasteiger charge is -2.36. The summed E-state index contributed by atoms with van der Waals surface area (Å²) in [5.74, 6) is 0.452. The van der Waals surface area contributed by atoms with Gasteiger partial charge in [-0.05, 0) is 31.7 Å². The van der Waals surface area contributed by atoms with Crippen LogP contribution in [0.4, 0.5) is 0 Å². The molecule has 0 spiro atoms. The van der Waals surface area contributed by atoms with E-state index in [4.69, 9.17) is 0 Å². The maximum Gasteiger partial charge on any atom is 0.237 e. The van der Waals surface area contributed by atoms with E-state index in [1.165, 1.54) is 12.0 Å². The molecule has 2 heterocycles. The van der Waals surface area contributed by atoms with E-state index in [0.717, 1.165) is 58.7 Å². The highest BCUT2D eigenvalue weighted by atomic mass is 16.2. The van der Waals surface area contributed by atoms with E-state index >= 15 is 0 Å². The Kier molecular flexibility index (Phi) is 7.86. The second kappa shape index (κ2) is 10.6. The van der Waals surface area contributed by atoms with Crippen molar-refractivity contribution in [3.05, 3.63) is 35.9 Å². The standard InChI is InChI=1S/C22H34N4O2/c1-2-25(17-20-9-5-3-6-10-20)21(27)18-23-13-15-24(16-14-23)19-22(28)26-11-7-4-8-12-26/h3,5-6,9-10H,2,4,7-8,11-19H2,1H3. The van der Waals surface area contributed by atoms with Gasteiger partial charge in [0, 0.05) is 52.4 Å². The molecule has 2 amide bonds. The van der Waals surface area contributed by atoms with Gasteiger partial charge < -0.3 is 9.80 Å². The largest absolute Gasteiger partial charge is 0.342 e. The number of benzene rings is 1. The quantitative estimate of drug-likeness (QED) is 0.715. The molecular formula is C22H34N4O2. The van der Waals surface area contributed by atoms with E-state index in [9.17, 15) is 9.59 Å². The first kappa shape index (κ1) is 20.8. The van der Waals surface area contributed by atoms with Crippen LogP contribution in [0.2, 0.25) is 0 Å². The first-order valence-electron chi connectivity index (χ1n) is 10.7. The molecule has 28 heavy (non-hydrogen) atoms. The highest BCUT2D eigenvalue weighted by molar-refractivity contribution is 5.79. The van der Waals surface area contributed by atoms with E-state index in [1.807, 2.05) is 34.9 Å². The third kappa shape index (κ3) is 6.04. The van der Waals surface area contributed by atoms with Gasteiger partial charge in [-0.3, -0.25) is 19.4 Å². The molecule has 3 rings (SSSR count). The number of amides is 2. The molecule has 0 atom stereocenters. The minimum absolute atomic E-state index is 0.184. The summed E-state index contributed by atoms with van der Waals surface area (Å²) < 4.78 is 0. The smallest absolute Gasteiger partial charge is 0.237 e. The summed E-state index contributed by atoms with van der Waals surface area (Å²) in [5, 5.41) is 0. The first-order valence-corrected chi connectivity index (χ1v) is 10.7. The lowest BCUT2D eigenvalue weighted by molar-refractivity contribution is -0.135. The molecule has 0 aromatic heterocycles. The summed E-state index contributed by atoms with van der Waals surface area (Å²) >= 11 is 0. The zero-order valence-electron chi connectivity index (χ0n) is 17.2. The Labute approximate surface area is 169 Å². The van der Waals surface area contributed by atoms with Gasteiger partial charge in [0.25, 0.3) is 0 Å². The van der Waals surface area contributed by atoms with Gasteiger partial charge in [-0.15, -0.1) is 0 Å². The number of likely N-dealkylation sites (N-methyl/N-ethyl adjacent to an activating group) is 1. The molecule has 1 aromatic carbocycles. The third-order valence-corrected chi connectivity index (χ3v) is 5.84. The molecule has 6 heteroatoms. The Hall–Kier alpha value is -1.92. The highest BCUT2D eigenvalue weighted by Gasteiger charge is 2.24. The van der Waals surface area contributed by atoms with Gasteiger partial charge in [0.1, 0.15) is 0 Å². The maximum absolute atomic E-state index is 12.7. The van der Waals surface area contributed by atoms with E-state index in [2.05, 4.69) is 21.9 Å². The van der Waals surface area contributed by atoms with Crippen LogP contribution >= 0.6 is 0 Å². The normalized spacial score (nSPS) is 18.8. The zero-order chi connectivity index (χ0) is 19.8. The van der Waals surface area contributed by atoms with Gasteiger partial charge >= 0.3 is 0 Å². The van der Waals surface area contributed by atoms with Crippen molar-refractivity contribution in [1.82, 2.24) is 19.6 Å². The van der Waals surface area contributed by atoms with Crippen molar-refractivity contribution in [1.29, 1.82) is 0 Å². The van der Waals surface area contributed by atoms with Crippen molar-refractivity contribution in [3.8, 4) is 0 Å². The average Bonchev–Trinajstić information content (AvgIpc) is 2.74. The first-order chi connectivity index (χ1) is 13.7. The molecule has 0 saturated carbocycles. The number of likely N-dealkylation sites (tertiary alicyclic amines) is 1. The highest BCUT2D eigenvalue weighted by Crippen LogP contribution is 2.11. The van der Waals surface area contributed by atoms with Crippen LogP contribution in [0.25, 0.3) is 0 Å². The lowest BCUT2D eigenvalue weighted by atomic mass is 10.1. The number of piperazine rings is 1. The Morgan fingerprint density at radius 3 is 2.07 bits per heavy atom. The van der Waals surface area contributed by atoms with Crippen LogP contribution in [0.1, 0.15) is 31.7 Å². The number of piperidine rings is 1. The molecule has 6 nitrogen and oxygen atoms in total. The second-order valence-electron chi connectivity index (χ2n) is 7.89. The van der Waals surface area contributed by atoms with Crippen LogP contribution in [0.5, 0.6) is 0 Å². The number of rotatable bonds is 7. The summed E-state index contributed by atoms with van der Waals surface area (Å²) in [4.78, 5) is 33.5. The molecule has 154 valence electrons. The number of carbonyl (C=O) groups excluding carboxylic acids is 2. The molecule has 0 bridgehead atoms. The molecule has 0 unspecified atom stereocenters. The van der Waals surface area contributed by atoms with E-state index in [1.54, 1.807) is 0 Å². The van der Waals surface area contributed by atoms with E-state index in [0.29, 0.717) is 19.6 Å². The minimum atomic E-state index is 0.184. The summed E-state index contributed by atoms with van der Waals surface area (Å²) in [6.07, 6.45) is 3.52. The Morgan fingerprint density at radius 1 is 0.857 bits per heavy atom. The van der Waals surface area contributed by atoms with Crippen molar-refractivity contribution >= 4 is 11.8 Å². The van der Waals surface area contributed by atoms with Crippen LogP contribution in [0, 0.1) is 0 Å². The molecule has 1 aromatic rings. The van der Waals surface area contributed by atoms with Crippen LogP contribution in [-0.4, -0.2) is 90.3 Å². The number of carbonyl (C=O) groups is 2. The van der Waals surface area contributed by atoms with Crippen molar-refractivity contribution in [3.63, 3.8) is 0 Å². The van der Waals surface area contributed by atoms with E-state index in [-0.39, 0.29) is 11.8 Å². The lowest BCUT2D eigenvalue weighted by Crippen LogP contribution is -2.52. The van der Waals surface area contributed by atoms with Gasteiger partial charge in [-0.1, -0.05) is 30.3 Å². The predicted molar refractivity (Wildman–Crippen MR) is 111 cm³/mol. The molecule has 2 fully saturated rings. The summed E-state index contributed by atoms with van der Waals surface area (Å²) in [5.41, 5.74) is 1.17. The Morgan fingerprint density at radius 2 is 1.46 bits per heavy atom. The van der Waals surface area contributed by atoms with Crippen LogP contribution in [0.15, 0.2) is 30.3 Å². The van der Waals surface area contributed by atoms with Gasteiger partial charge in [0.05, 0.1) is 13.1 Å². The maximum atomic E-state index is 12.7. The second-order valence-corrected chi connectivity index (χ2v) is 7.89. The minimum Gasteiger partial charge on any atom is -0.342 e. The van der Waals surface area contributed by atoms with Crippen molar-refractivity contribution < 1.29 is 9.59 Å². The van der Waals surface area contributed by atoms with Crippen molar-refractivity contribution in [2.75, 3.05) is 58.9 Å². The summed E-state index contributed by atoms with van der Waals surface area (Å²) in [6, 6.07) is 10.1. The fourth-order valence-corrected chi connectivity index (χ4v) is 4.01. The van der Waals surface area contributed by atoms with Crippen molar-refractivity contribution in [2.24, 2.45) is 0 Å². The summed E-state index contributed by atoms with van der Waals surface area (Å²) in [6.45, 7) is 9.66. The fraction of sp³-hybridized carbons (Fsp3) is 0.636. The zero-order valence-corrected chi connectivity index (χ0v) is 17.2. The number of hydrogen-bond donors (Lipinski definition) is 0. The molecule has 0 radical (unpaired) electrons. The molecule has 2 aliphatic rings. The van der Waals surface area contributed by atoms with Crippen LogP contribution in [-0.2, 0) is 16.1 Å². The molecule has 0 N–H and O–H groups in total. The molecule has 2 saturated heterocycles. The molecule has 0 aliphatic carbocycles. The van der Waals surface area contributed by atoms with Gasteiger partial charge in [0.2, 0.25) is 11.8 Å². The Bertz CT molecular complexity index is 623. The van der Waals surface area contributed by atoms with Gasteiger partial charge in [0.15, 0.2) is 0 Å². The Balaban J connectivity index is 1.40. The van der Waals surface area contributed by atoms with Gasteiger partial charge in [-0.2, -0.15) is 0 Å².